The predicted octanol–water partition coefficient (Wildman–Crippen LogP) is 2.61. The Morgan fingerprint density at radius 3 is 2.86 bits per heavy atom. The van der Waals surface area contributed by atoms with Crippen LogP contribution in [0, 0.1) is 5.92 Å². The number of benzene rings is 1. The molecule has 1 aliphatic heterocycles. The second-order valence-electron chi connectivity index (χ2n) is 6.69. The van der Waals surface area contributed by atoms with Crippen molar-refractivity contribution in [2.45, 2.75) is 51.4 Å². The molecule has 0 amide bonds. The van der Waals surface area contributed by atoms with Crippen LogP contribution in [0.1, 0.15) is 37.3 Å². The van der Waals surface area contributed by atoms with E-state index in [4.69, 9.17) is 4.74 Å². The monoisotopic (exact) mass is 289 g/mol. The lowest BCUT2D eigenvalue weighted by atomic mass is 10.00. The van der Waals surface area contributed by atoms with Crippen molar-refractivity contribution < 1.29 is 9.84 Å². The molecule has 1 aliphatic carbocycles. The zero-order valence-electron chi connectivity index (χ0n) is 13.0. The van der Waals surface area contributed by atoms with Crippen LogP contribution < -0.4 is 0 Å². The van der Waals surface area contributed by atoms with Gasteiger partial charge in [-0.05, 0) is 36.3 Å². The lowest BCUT2D eigenvalue weighted by Gasteiger charge is -2.30. The number of hydrogen-bond acceptors (Lipinski definition) is 3. The summed E-state index contributed by atoms with van der Waals surface area (Å²) in [5.41, 5.74) is 2.86. The second-order valence-corrected chi connectivity index (χ2v) is 6.69. The van der Waals surface area contributed by atoms with Gasteiger partial charge in [-0.25, -0.2) is 0 Å². The summed E-state index contributed by atoms with van der Waals surface area (Å²) in [5.74, 6) is 0.652. The van der Waals surface area contributed by atoms with Gasteiger partial charge in [-0.15, -0.1) is 0 Å². The SMILES string of the molecule is C[C@@H]1CCC[C@H]1OC[C@@H](O)CN1CCc2ccccc2C1. The maximum Gasteiger partial charge on any atom is 0.0900 e. The molecule has 0 aromatic heterocycles. The van der Waals surface area contributed by atoms with Gasteiger partial charge in [-0.2, -0.15) is 0 Å². The van der Waals surface area contributed by atoms with E-state index in [2.05, 4.69) is 36.1 Å². The van der Waals surface area contributed by atoms with Gasteiger partial charge in [-0.1, -0.05) is 37.6 Å². The molecule has 3 heteroatoms. The van der Waals surface area contributed by atoms with Crippen molar-refractivity contribution in [2.24, 2.45) is 5.92 Å². The van der Waals surface area contributed by atoms with E-state index < -0.39 is 0 Å². The van der Waals surface area contributed by atoms with Crippen LogP contribution in [0.2, 0.25) is 0 Å². The summed E-state index contributed by atoms with van der Waals surface area (Å²) in [6, 6.07) is 8.63. The van der Waals surface area contributed by atoms with Gasteiger partial charge in [0.15, 0.2) is 0 Å². The van der Waals surface area contributed by atoms with Crippen molar-refractivity contribution in [3.63, 3.8) is 0 Å². The van der Waals surface area contributed by atoms with Gasteiger partial charge in [0.05, 0.1) is 18.8 Å². The number of β-amino-alcohol motifs (C(OH)–C–C–N with tert-alkyl or cyclic N) is 1. The summed E-state index contributed by atoms with van der Waals surface area (Å²) in [4.78, 5) is 2.34. The zero-order chi connectivity index (χ0) is 14.7. The molecule has 21 heavy (non-hydrogen) atoms. The van der Waals surface area contributed by atoms with E-state index in [0.29, 0.717) is 18.6 Å². The number of aliphatic hydroxyl groups excluding tert-OH is 1. The van der Waals surface area contributed by atoms with Crippen LogP contribution in [-0.2, 0) is 17.7 Å². The third-order valence-electron chi connectivity index (χ3n) is 4.96. The number of fused-ring (bicyclic) bond motifs is 1. The molecule has 1 heterocycles. The minimum atomic E-state index is -0.372. The third kappa shape index (κ3) is 3.85. The minimum absolute atomic E-state index is 0.363. The van der Waals surface area contributed by atoms with Crippen LogP contribution in [0.5, 0.6) is 0 Å². The molecule has 0 radical (unpaired) electrons. The van der Waals surface area contributed by atoms with E-state index in [1.54, 1.807) is 0 Å². The summed E-state index contributed by atoms with van der Waals surface area (Å²) >= 11 is 0. The molecule has 2 aliphatic rings. The highest BCUT2D eigenvalue weighted by molar-refractivity contribution is 5.29. The van der Waals surface area contributed by atoms with Gasteiger partial charge >= 0.3 is 0 Å². The molecule has 116 valence electrons. The van der Waals surface area contributed by atoms with E-state index in [1.807, 2.05) is 0 Å². The average molecular weight is 289 g/mol. The highest BCUT2D eigenvalue weighted by Crippen LogP contribution is 2.27. The van der Waals surface area contributed by atoms with Gasteiger partial charge in [0, 0.05) is 19.6 Å². The third-order valence-corrected chi connectivity index (χ3v) is 4.96. The van der Waals surface area contributed by atoms with Crippen LogP contribution in [0.4, 0.5) is 0 Å². The first-order valence-corrected chi connectivity index (χ1v) is 8.31. The van der Waals surface area contributed by atoms with E-state index >= 15 is 0 Å². The average Bonchev–Trinajstić information content (AvgIpc) is 2.90. The minimum Gasteiger partial charge on any atom is -0.389 e. The molecule has 0 unspecified atom stereocenters. The summed E-state index contributed by atoms with van der Waals surface area (Å²) in [6.45, 7) is 5.44. The summed E-state index contributed by atoms with van der Waals surface area (Å²) in [7, 11) is 0. The van der Waals surface area contributed by atoms with Crippen molar-refractivity contribution >= 4 is 0 Å². The molecule has 1 aromatic carbocycles. The van der Waals surface area contributed by atoms with E-state index in [1.165, 1.54) is 24.0 Å². The highest BCUT2D eigenvalue weighted by atomic mass is 16.5. The van der Waals surface area contributed by atoms with Crippen molar-refractivity contribution in [1.82, 2.24) is 4.90 Å². The lowest BCUT2D eigenvalue weighted by Crippen LogP contribution is -2.39. The number of nitrogens with zero attached hydrogens (tertiary/aromatic N) is 1. The fraction of sp³-hybridized carbons (Fsp3) is 0.667. The highest BCUT2D eigenvalue weighted by Gasteiger charge is 2.25. The molecule has 1 fully saturated rings. The Balaban J connectivity index is 1.44. The number of ether oxygens (including phenoxy) is 1. The second kappa shape index (κ2) is 6.91. The zero-order valence-corrected chi connectivity index (χ0v) is 13.0. The van der Waals surface area contributed by atoms with Gasteiger partial charge in [0.1, 0.15) is 0 Å². The van der Waals surface area contributed by atoms with Crippen molar-refractivity contribution in [1.29, 1.82) is 0 Å². The molecular formula is C18H27NO2. The smallest absolute Gasteiger partial charge is 0.0900 e. The maximum atomic E-state index is 10.2. The first-order valence-electron chi connectivity index (χ1n) is 8.31. The maximum absolute atomic E-state index is 10.2. The van der Waals surface area contributed by atoms with Crippen LogP contribution in [-0.4, -0.2) is 41.9 Å². The largest absolute Gasteiger partial charge is 0.389 e. The van der Waals surface area contributed by atoms with Crippen LogP contribution in [0.3, 0.4) is 0 Å². The number of aliphatic hydroxyl groups is 1. The van der Waals surface area contributed by atoms with E-state index in [-0.39, 0.29) is 6.10 Å². The van der Waals surface area contributed by atoms with Crippen LogP contribution >= 0.6 is 0 Å². The van der Waals surface area contributed by atoms with Crippen molar-refractivity contribution in [3.05, 3.63) is 35.4 Å². The molecule has 0 saturated heterocycles. The lowest BCUT2D eigenvalue weighted by molar-refractivity contribution is -0.0329. The molecule has 1 N–H and O–H groups in total. The molecule has 1 saturated carbocycles. The molecular weight excluding hydrogens is 262 g/mol. The Hall–Kier alpha value is -0.900. The topological polar surface area (TPSA) is 32.7 Å². The summed E-state index contributed by atoms with van der Waals surface area (Å²) in [5, 5.41) is 10.2. The Morgan fingerprint density at radius 2 is 2.10 bits per heavy atom. The number of hydrogen-bond donors (Lipinski definition) is 1. The van der Waals surface area contributed by atoms with E-state index in [0.717, 1.165) is 32.5 Å². The van der Waals surface area contributed by atoms with Gasteiger partial charge < -0.3 is 9.84 Å². The van der Waals surface area contributed by atoms with Crippen LogP contribution in [0.15, 0.2) is 24.3 Å². The Kier molecular flexibility index (Phi) is 4.94. The molecule has 3 atom stereocenters. The Labute approximate surface area is 127 Å². The molecule has 0 spiro atoms. The van der Waals surface area contributed by atoms with E-state index in [9.17, 15) is 5.11 Å². The Bertz CT molecular complexity index is 462. The molecule has 1 aromatic rings. The predicted molar refractivity (Wildman–Crippen MR) is 84.2 cm³/mol. The standard InChI is InChI=1S/C18H27NO2/c1-14-5-4-8-18(14)21-13-17(20)12-19-10-9-15-6-2-3-7-16(15)11-19/h2-3,6-7,14,17-18,20H,4-5,8-13H2,1H3/t14-,17+,18-/m1/s1. The summed E-state index contributed by atoms with van der Waals surface area (Å²) < 4.78 is 5.91. The van der Waals surface area contributed by atoms with Gasteiger partial charge in [0.25, 0.3) is 0 Å². The first-order chi connectivity index (χ1) is 10.2. The summed E-state index contributed by atoms with van der Waals surface area (Å²) in [6.07, 6.45) is 4.77. The molecule has 0 bridgehead atoms. The first kappa shape index (κ1) is 15.0. The fourth-order valence-corrected chi connectivity index (χ4v) is 3.65. The molecule has 3 rings (SSSR count). The number of rotatable bonds is 5. The quantitative estimate of drug-likeness (QED) is 0.904. The van der Waals surface area contributed by atoms with Crippen LogP contribution in [0.25, 0.3) is 0 Å². The normalized spacial score (nSPS) is 27.5. The van der Waals surface area contributed by atoms with Gasteiger partial charge in [0.2, 0.25) is 0 Å². The van der Waals surface area contributed by atoms with Gasteiger partial charge in [-0.3, -0.25) is 4.90 Å². The fourth-order valence-electron chi connectivity index (χ4n) is 3.65. The van der Waals surface area contributed by atoms with Crippen molar-refractivity contribution in [2.75, 3.05) is 19.7 Å². The molecule has 3 nitrogen and oxygen atoms in total. The van der Waals surface area contributed by atoms with Crippen molar-refractivity contribution in [3.8, 4) is 0 Å². The Morgan fingerprint density at radius 1 is 1.29 bits per heavy atom.